The summed E-state index contributed by atoms with van der Waals surface area (Å²) in [7, 11) is 0. The van der Waals surface area contributed by atoms with E-state index >= 15 is 0 Å². The molecule has 1 heteroatoms. The van der Waals surface area contributed by atoms with Crippen LogP contribution >= 0.6 is 0 Å². The third-order valence-electron chi connectivity index (χ3n) is 3.51. The Bertz CT molecular complexity index is 193. The summed E-state index contributed by atoms with van der Waals surface area (Å²) >= 11 is 0. The molecule has 0 aliphatic heterocycles. The number of aliphatic hydroxyl groups is 1. The van der Waals surface area contributed by atoms with Gasteiger partial charge in [-0.15, -0.1) is 0 Å². The van der Waals surface area contributed by atoms with Gasteiger partial charge < -0.3 is 5.11 Å². The van der Waals surface area contributed by atoms with Crippen LogP contribution in [0, 0.1) is 11.8 Å². The zero-order valence-corrected chi connectivity index (χ0v) is 9.79. The number of aliphatic hydroxyl groups excluding tert-OH is 1. The third kappa shape index (κ3) is 3.13. The molecule has 0 aromatic heterocycles. The van der Waals surface area contributed by atoms with Crippen molar-refractivity contribution in [1.82, 2.24) is 0 Å². The molecule has 0 saturated heterocycles. The van der Waals surface area contributed by atoms with Crippen molar-refractivity contribution in [3.05, 3.63) is 11.6 Å². The standard InChI is InChI=1S/C13H24O/c1-10(2)11(3)13(14)12-8-6-4-5-7-9-12/h8,10-11,13-14H,4-7,9H2,1-3H3. The number of rotatable bonds is 3. The fraction of sp³-hybridized carbons (Fsp3) is 0.846. The Hall–Kier alpha value is -0.300. The first kappa shape index (κ1) is 11.8. The maximum absolute atomic E-state index is 10.2. The van der Waals surface area contributed by atoms with Crippen LogP contribution in [0.5, 0.6) is 0 Å². The van der Waals surface area contributed by atoms with E-state index in [4.69, 9.17) is 0 Å². The summed E-state index contributed by atoms with van der Waals surface area (Å²) in [5, 5.41) is 10.2. The fourth-order valence-corrected chi connectivity index (χ4v) is 2.01. The Morgan fingerprint density at radius 2 is 1.86 bits per heavy atom. The van der Waals surface area contributed by atoms with Crippen LogP contribution in [0.4, 0.5) is 0 Å². The van der Waals surface area contributed by atoms with Crippen molar-refractivity contribution in [3.63, 3.8) is 0 Å². The lowest BCUT2D eigenvalue weighted by atomic mass is 9.86. The van der Waals surface area contributed by atoms with E-state index < -0.39 is 0 Å². The molecule has 1 N–H and O–H groups in total. The predicted molar refractivity (Wildman–Crippen MR) is 61.2 cm³/mol. The van der Waals surface area contributed by atoms with Gasteiger partial charge in [-0.3, -0.25) is 0 Å². The van der Waals surface area contributed by atoms with Crippen LogP contribution < -0.4 is 0 Å². The molecular formula is C13H24O. The molecule has 1 rings (SSSR count). The number of hydrogen-bond acceptors (Lipinski definition) is 1. The zero-order valence-electron chi connectivity index (χ0n) is 9.79. The minimum Gasteiger partial charge on any atom is -0.388 e. The van der Waals surface area contributed by atoms with Gasteiger partial charge in [0.25, 0.3) is 0 Å². The van der Waals surface area contributed by atoms with Gasteiger partial charge in [0.05, 0.1) is 6.10 Å². The van der Waals surface area contributed by atoms with Crippen LogP contribution in [0.1, 0.15) is 52.9 Å². The van der Waals surface area contributed by atoms with Gasteiger partial charge in [-0.1, -0.05) is 33.3 Å². The van der Waals surface area contributed by atoms with Crippen LogP contribution in [0.15, 0.2) is 11.6 Å². The quantitative estimate of drug-likeness (QED) is 0.685. The molecule has 1 nitrogen and oxygen atoms in total. The molecule has 0 bridgehead atoms. The number of allylic oxidation sites excluding steroid dienone is 1. The lowest BCUT2D eigenvalue weighted by Gasteiger charge is -2.24. The van der Waals surface area contributed by atoms with Crippen molar-refractivity contribution in [3.8, 4) is 0 Å². The Balaban J connectivity index is 2.57. The van der Waals surface area contributed by atoms with Crippen molar-refractivity contribution in [2.45, 2.75) is 59.0 Å². The molecule has 0 fully saturated rings. The van der Waals surface area contributed by atoms with Crippen molar-refractivity contribution < 1.29 is 5.11 Å². The lowest BCUT2D eigenvalue weighted by molar-refractivity contribution is 0.120. The monoisotopic (exact) mass is 196 g/mol. The molecule has 0 amide bonds. The maximum atomic E-state index is 10.2. The van der Waals surface area contributed by atoms with E-state index in [0.29, 0.717) is 11.8 Å². The largest absolute Gasteiger partial charge is 0.388 e. The molecule has 0 heterocycles. The minimum atomic E-state index is -0.201. The van der Waals surface area contributed by atoms with Crippen LogP contribution in [-0.2, 0) is 0 Å². The van der Waals surface area contributed by atoms with E-state index in [-0.39, 0.29) is 6.10 Å². The maximum Gasteiger partial charge on any atom is 0.0778 e. The molecule has 1 aliphatic rings. The Labute approximate surface area is 88.2 Å². The SMILES string of the molecule is CC(C)C(C)C(O)C1=CCCCCC1. The summed E-state index contributed by atoms with van der Waals surface area (Å²) in [6, 6.07) is 0. The second kappa shape index (κ2) is 5.55. The van der Waals surface area contributed by atoms with Gasteiger partial charge >= 0.3 is 0 Å². The van der Waals surface area contributed by atoms with Crippen molar-refractivity contribution in [2.75, 3.05) is 0 Å². The summed E-state index contributed by atoms with van der Waals surface area (Å²) in [5.41, 5.74) is 1.30. The van der Waals surface area contributed by atoms with Gasteiger partial charge in [0.15, 0.2) is 0 Å². The summed E-state index contributed by atoms with van der Waals surface area (Å²) in [5.74, 6) is 0.952. The molecule has 0 radical (unpaired) electrons. The fourth-order valence-electron chi connectivity index (χ4n) is 2.01. The van der Waals surface area contributed by atoms with Crippen molar-refractivity contribution >= 4 is 0 Å². The van der Waals surface area contributed by atoms with E-state index in [0.717, 1.165) is 12.8 Å². The Morgan fingerprint density at radius 3 is 2.50 bits per heavy atom. The summed E-state index contributed by atoms with van der Waals surface area (Å²) < 4.78 is 0. The minimum absolute atomic E-state index is 0.201. The highest BCUT2D eigenvalue weighted by Crippen LogP contribution is 2.26. The van der Waals surface area contributed by atoms with E-state index in [1.165, 1.54) is 24.8 Å². The van der Waals surface area contributed by atoms with E-state index in [2.05, 4.69) is 26.8 Å². The smallest absolute Gasteiger partial charge is 0.0778 e. The zero-order chi connectivity index (χ0) is 10.6. The van der Waals surface area contributed by atoms with Crippen molar-refractivity contribution in [2.24, 2.45) is 11.8 Å². The molecule has 82 valence electrons. The highest BCUT2D eigenvalue weighted by Gasteiger charge is 2.21. The molecule has 2 atom stereocenters. The Morgan fingerprint density at radius 1 is 1.14 bits per heavy atom. The first-order valence-electron chi connectivity index (χ1n) is 6.00. The number of hydrogen-bond donors (Lipinski definition) is 1. The van der Waals surface area contributed by atoms with Crippen LogP contribution in [-0.4, -0.2) is 11.2 Å². The first-order valence-corrected chi connectivity index (χ1v) is 6.00. The topological polar surface area (TPSA) is 20.2 Å². The summed E-state index contributed by atoms with van der Waals surface area (Å²) in [4.78, 5) is 0. The first-order chi connectivity index (χ1) is 6.63. The van der Waals surface area contributed by atoms with Crippen LogP contribution in [0.2, 0.25) is 0 Å². The summed E-state index contributed by atoms with van der Waals surface area (Å²) in [6.45, 7) is 6.53. The van der Waals surface area contributed by atoms with E-state index in [1.54, 1.807) is 0 Å². The molecular weight excluding hydrogens is 172 g/mol. The average Bonchev–Trinajstić information content (AvgIpc) is 2.43. The predicted octanol–water partition coefficient (Wildman–Crippen LogP) is 3.53. The van der Waals surface area contributed by atoms with Crippen LogP contribution in [0.3, 0.4) is 0 Å². The molecule has 2 unspecified atom stereocenters. The van der Waals surface area contributed by atoms with Crippen LogP contribution in [0.25, 0.3) is 0 Å². The van der Waals surface area contributed by atoms with Gasteiger partial charge in [-0.2, -0.15) is 0 Å². The van der Waals surface area contributed by atoms with Gasteiger partial charge in [0.1, 0.15) is 0 Å². The molecule has 14 heavy (non-hydrogen) atoms. The van der Waals surface area contributed by atoms with Crippen molar-refractivity contribution in [1.29, 1.82) is 0 Å². The molecule has 1 aliphatic carbocycles. The van der Waals surface area contributed by atoms with Gasteiger partial charge in [0, 0.05) is 0 Å². The van der Waals surface area contributed by atoms with E-state index in [1.807, 2.05) is 0 Å². The van der Waals surface area contributed by atoms with Gasteiger partial charge in [-0.05, 0) is 43.1 Å². The normalized spacial score (nSPS) is 22.8. The highest BCUT2D eigenvalue weighted by molar-refractivity contribution is 5.10. The third-order valence-corrected chi connectivity index (χ3v) is 3.51. The molecule has 0 aromatic rings. The average molecular weight is 196 g/mol. The lowest BCUT2D eigenvalue weighted by Crippen LogP contribution is -2.24. The highest BCUT2D eigenvalue weighted by atomic mass is 16.3. The van der Waals surface area contributed by atoms with Gasteiger partial charge in [0.2, 0.25) is 0 Å². The second-order valence-electron chi connectivity index (χ2n) is 4.93. The van der Waals surface area contributed by atoms with Gasteiger partial charge in [-0.25, -0.2) is 0 Å². The Kier molecular flexibility index (Phi) is 4.67. The molecule has 0 aromatic carbocycles. The molecule has 0 spiro atoms. The van der Waals surface area contributed by atoms with E-state index in [9.17, 15) is 5.11 Å². The second-order valence-corrected chi connectivity index (χ2v) is 4.93. The molecule has 0 saturated carbocycles. The summed E-state index contributed by atoms with van der Waals surface area (Å²) in [6.07, 6.45) is 8.22.